The Morgan fingerprint density at radius 1 is 1.11 bits per heavy atom. The number of hydrogen-bond acceptors (Lipinski definition) is 6. The third-order valence-corrected chi connectivity index (χ3v) is 6.63. The van der Waals surface area contributed by atoms with Crippen LogP contribution in [0.5, 0.6) is 0 Å². The molecule has 4 aromatic rings. The van der Waals surface area contributed by atoms with Gasteiger partial charge < -0.3 is 15.1 Å². The Bertz CT molecular complexity index is 1400. The first-order chi connectivity index (χ1) is 17.1. The molecule has 2 N–H and O–H groups in total. The van der Waals surface area contributed by atoms with Crippen LogP contribution in [-0.4, -0.2) is 64.3 Å². The standard InChI is InChI=1S/C25H25FN8O/c1-32-15-18-12-28-21-4-3-20(17-13-29-30-14-17)31-23(21)24(18)34(25(32)35)19-2-5-22(16(10-19)11-26)33-8-6-27-7-9-33/h2-5,10,12-14,27H,6-9,11,15H2,1H3,(H,29,30). The maximum Gasteiger partial charge on any atom is 0.329 e. The molecule has 2 aliphatic heterocycles. The van der Waals surface area contributed by atoms with Crippen molar-refractivity contribution in [3.63, 3.8) is 0 Å². The van der Waals surface area contributed by atoms with Crippen molar-refractivity contribution in [3.05, 3.63) is 60.0 Å². The minimum absolute atomic E-state index is 0.194. The number of anilines is 3. The van der Waals surface area contributed by atoms with E-state index < -0.39 is 6.67 Å². The summed E-state index contributed by atoms with van der Waals surface area (Å²) >= 11 is 0. The molecule has 0 spiro atoms. The Balaban J connectivity index is 1.51. The number of benzene rings is 1. The van der Waals surface area contributed by atoms with Crippen molar-refractivity contribution in [2.75, 3.05) is 43.0 Å². The smallest absolute Gasteiger partial charge is 0.329 e. The average molecular weight is 473 g/mol. The lowest BCUT2D eigenvalue weighted by Gasteiger charge is -2.36. The number of aromatic nitrogens is 4. The summed E-state index contributed by atoms with van der Waals surface area (Å²) in [5.41, 5.74) is 6.48. The molecule has 35 heavy (non-hydrogen) atoms. The Morgan fingerprint density at radius 3 is 2.74 bits per heavy atom. The van der Waals surface area contributed by atoms with Gasteiger partial charge in [-0.15, -0.1) is 0 Å². The van der Waals surface area contributed by atoms with Crippen LogP contribution in [0.2, 0.25) is 0 Å². The summed E-state index contributed by atoms with van der Waals surface area (Å²) in [5, 5.41) is 10.2. The highest BCUT2D eigenvalue weighted by molar-refractivity contribution is 6.08. The first-order valence-electron chi connectivity index (χ1n) is 11.6. The fraction of sp³-hybridized carbons (Fsp3) is 0.280. The molecular weight excluding hydrogens is 447 g/mol. The molecule has 5 heterocycles. The third-order valence-electron chi connectivity index (χ3n) is 6.63. The van der Waals surface area contributed by atoms with Gasteiger partial charge in [-0.05, 0) is 30.3 Å². The summed E-state index contributed by atoms with van der Waals surface area (Å²) in [7, 11) is 1.75. The van der Waals surface area contributed by atoms with Crippen LogP contribution in [0.1, 0.15) is 11.1 Å². The van der Waals surface area contributed by atoms with Crippen molar-refractivity contribution >= 4 is 34.1 Å². The molecule has 2 aliphatic rings. The monoisotopic (exact) mass is 472 g/mol. The molecule has 9 nitrogen and oxygen atoms in total. The maximum absolute atomic E-state index is 14.2. The highest BCUT2D eigenvalue weighted by atomic mass is 19.1. The zero-order valence-electron chi connectivity index (χ0n) is 19.3. The number of pyridine rings is 2. The first-order valence-corrected chi connectivity index (χ1v) is 11.6. The number of alkyl halides is 1. The number of halogens is 1. The zero-order chi connectivity index (χ0) is 23.9. The normalized spacial score (nSPS) is 16.2. The number of nitrogens with one attached hydrogen (secondary N) is 2. The zero-order valence-corrected chi connectivity index (χ0v) is 19.3. The van der Waals surface area contributed by atoms with E-state index in [4.69, 9.17) is 4.98 Å². The SMILES string of the molecule is CN1Cc2cnc3ccc(-c4cn[nH]c4)nc3c2N(c2ccc(N3CCNCC3)c(CF)c2)C1=O. The fourth-order valence-corrected chi connectivity index (χ4v) is 4.87. The van der Waals surface area contributed by atoms with Gasteiger partial charge in [0.1, 0.15) is 12.2 Å². The first kappa shape index (κ1) is 21.5. The molecule has 1 saturated heterocycles. The molecule has 2 amide bonds. The van der Waals surface area contributed by atoms with Gasteiger partial charge >= 0.3 is 6.03 Å². The Kier molecular flexibility index (Phi) is 5.29. The predicted octanol–water partition coefficient (Wildman–Crippen LogP) is 3.60. The van der Waals surface area contributed by atoms with E-state index in [1.165, 1.54) is 0 Å². The molecule has 10 heteroatoms. The second kappa shape index (κ2) is 8.62. The van der Waals surface area contributed by atoms with E-state index in [9.17, 15) is 9.18 Å². The van der Waals surface area contributed by atoms with Crippen LogP contribution in [0.4, 0.5) is 26.2 Å². The second-order valence-corrected chi connectivity index (χ2v) is 8.84. The molecule has 0 radical (unpaired) electrons. The number of amides is 2. The van der Waals surface area contributed by atoms with Gasteiger partial charge in [0.2, 0.25) is 0 Å². The van der Waals surface area contributed by atoms with Crippen LogP contribution in [0.3, 0.4) is 0 Å². The van der Waals surface area contributed by atoms with Gasteiger partial charge in [0.25, 0.3) is 0 Å². The number of nitrogens with zero attached hydrogens (tertiary/aromatic N) is 6. The number of aromatic amines is 1. The summed E-state index contributed by atoms with van der Waals surface area (Å²) in [6.07, 6.45) is 5.27. The molecule has 3 aromatic heterocycles. The van der Waals surface area contributed by atoms with E-state index in [-0.39, 0.29) is 6.03 Å². The molecule has 0 unspecified atom stereocenters. The van der Waals surface area contributed by atoms with Crippen LogP contribution in [-0.2, 0) is 13.2 Å². The summed E-state index contributed by atoms with van der Waals surface area (Å²) in [6, 6.07) is 9.18. The Labute approximate surface area is 201 Å². The van der Waals surface area contributed by atoms with Crippen LogP contribution in [0.25, 0.3) is 22.3 Å². The van der Waals surface area contributed by atoms with Crippen molar-refractivity contribution in [3.8, 4) is 11.3 Å². The van der Waals surface area contributed by atoms with E-state index in [1.54, 1.807) is 41.5 Å². The van der Waals surface area contributed by atoms with Crippen molar-refractivity contribution < 1.29 is 9.18 Å². The largest absolute Gasteiger partial charge is 0.369 e. The predicted molar refractivity (Wildman–Crippen MR) is 132 cm³/mol. The molecule has 0 saturated carbocycles. The molecule has 6 rings (SSSR count). The summed E-state index contributed by atoms with van der Waals surface area (Å²) < 4.78 is 14.2. The number of rotatable bonds is 4. The minimum atomic E-state index is -0.613. The van der Waals surface area contributed by atoms with Gasteiger partial charge in [-0.1, -0.05) is 0 Å². The van der Waals surface area contributed by atoms with E-state index in [0.717, 1.165) is 48.7 Å². The molecule has 0 bridgehead atoms. The lowest BCUT2D eigenvalue weighted by atomic mass is 10.1. The molecule has 1 fully saturated rings. The summed E-state index contributed by atoms with van der Waals surface area (Å²) in [5.74, 6) is 0. The van der Waals surface area contributed by atoms with Crippen LogP contribution < -0.4 is 15.1 Å². The number of H-pyrrole nitrogens is 1. The lowest BCUT2D eigenvalue weighted by Crippen LogP contribution is -2.44. The average Bonchev–Trinajstić information content (AvgIpc) is 3.44. The van der Waals surface area contributed by atoms with Gasteiger partial charge in [0.15, 0.2) is 0 Å². The third kappa shape index (κ3) is 3.66. The van der Waals surface area contributed by atoms with Gasteiger partial charge in [-0.25, -0.2) is 14.2 Å². The lowest BCUT2D eigenvalue weighted by molar-refractivity contribution is 0.213. The quantitative estimate of drug-likeness (QED) is 0.472. The summed E-state index contributed by atoms with van der Waals surface area (Å²) in [4.78, 5) is 28.4. The highest BCUT2D eigenvalue weighted by Gasteiger charge is 2.33. The van der Waals surface area contributed by atoms with Crippen molar-refractivity contribution in [1.29, 1.82) is 0 Å². The number of urea groups is 1. The Hall–Kier alpha value is -4.05. The molecule has 0 aliphatic carbocycles. The van der Waals surface area contributed by atoms with Gasteiger partial charge in [-0.2, -0.15) is 5.10 Å². The van der Waals surface area contributed by atoms with Crippen LogP contribution in [0.15, 0.2) is 48.9 Å². The van der Waals surface area contributed by atoms with Crippen molar-refractivity contribution in [1.82, 2.24) is 30.4 Å². The van der Waals surface area contributed by atoms with E-state index in [0.29, 0.717) is 34.5 Å². The number of piperazine rings is 1. The van der Waals surface area contributed by atoms with E-state index in [1.807, 2.05) is 24.3 Å². The minimum Gasteiger partial charge on any atom is -0.369 e. The van der Waals surface area contributed by atoms with Crippen molar-refractivity contribution in [2.24, 2.45) is 0 Å². The van der Waals surface area contributed by atoms with Gasteiger partial charge in [0.05, 0.1) is 35.3 Å². The van der Waals surface area contributed by atoms with E-state index >= 15 is 0 Å². The highest BCUT2D eigenvalue weighted by Crippen LogP contribution is 2.40. The maximum atomic E-state index is 14.2. The number of hydrogen-bond donors (Lipinski definition) is 2. The molecule has 178 valence electrons. The number of fused-ring (bicyclic) bond motifs is 3. The molecular formula is C25H25FN8O. The number of carbonyl (C=O) groups excluding carboxylic acids is 1. The number of carbonyl (C=O) groups is 1. The Morgan fingerprint density at radius 2 is 1.97 bits per heavy atom. The van der Waals surface area contributed by atoms with Crippen LogP contribution in [0, 0.1) is 0 Å². The molecule has 0 atom stereocenters. The topological polar surface area (TPSA) is 93.3 Å². The summed E-state index contributed by atoms with van der Waals surface area (Å²) in [6.45, 7) is 3.16. The fourth-order valence-electron chi connectivity index (χ4n) is 4.87. The van der Waals surface area contributed by atoms with Gasteiger partial charge in [0, 0.05) is 68.0 Å². The van der Waals surface area contributed by atoms with E-state index in [2.05, 4.69) is 25.4 Å². The van der Waals surface area contributed by atoms with Crippen LogP contribution >= 0.6 is 0 Å². The molecule has 1 aromatic carbocycles. The van der Waals surface area contributed by atoms with Gasteiger partial charge in [-0.3, -0.25) is 15.0 Å². The second-order valence-electron chi connectivity index (χ2n) is 8.84. The van der Waals surface area contributed by atoms with Crippen molar-refractivity contribution in [2.45, 2.75) is 13.2 Å².